The highest BCUT2D eigenvalue weighted by Gasteiger charge is 2.31. The van der Waals surface area contributed by atoms with Gasteiger partial charge < -0.3 is 4.74 Å². The number of amides is 1. The summed E-state index contributed by atoms with van der Waals surface area (Å²) in [6.45, 7) is 5.74. The zero-order chi connectivity index (χ0) is 19.8. The van der Waals surface area contributed by atoms with Gasteiger partial charge in [-0.05, 0) is 29.9 Å². The number of carbonyl (C=O) groups is 1. The van der Waals surface area contributed by atoms with Crippen molar-refractivity contribution in [1.82, 2.24) is 14.9 Å². The van der Waals surface area contributed by atoms with Crippen LogP contribution in [0, 0.1) is 0 Å². The van der Waals surface area contributed by atoms with E-state index in [2.05, 4.69) is 14.9 Å². The monoisotopic (exact) mass is 389 g/mol. The maximum Gasteiger partial charge on any atom is 0.285 e. The third-order valence-electron chi connectivity index (χ3n) is 4.41. The first-order valence-corrected chi connectivity index (χ1v) is 10.2. The fourth-order valence-corrected chi connectivity index (χ4v) is 4.23. The van der Waals surface area contributed by atoms with E-state index in [9.17, 15) is 13.2 Å². The van der Waals surface area contributed by atoms with Gasteiger partial charge in [-0.2, -0.15) is 5.10 Å². The number of rotatable bonds is 5. The Kier molecular flexibility index (Phi) is 4.94. The van der Waals surface area contributed by atoms with E-state index in [0.717, 1.165) is 12.8 Å². The molecule has 1 N–H and O–H groups in total. The van der Waals surface area contributed by atoms with Crippen molar-refractivity contribution in [2.75, 3.05) is 7.11 Å². The molecular formula is C19H23N3O4S. The summed E-state index contributed by atoms with van der Waals surface area (Å²) < 4.78 is 33.0. The normalized spacial score (nSPS) is 14.7. The van der Waals surface area contributed by atoms with Crippen molar-refractivity contribution in [3.63, 3.8) is 0 Å². The Morgan fingerprint density at radius 2 is 1.85 bits per heavy atom. The highest BCUT2D eigenvalue weighted by atomic mass is 32.2. The van der Waals surface area contributed by atoms with Crippen LogP contribution in [0.4, 0.5) is 0 Å². The van der Waals surface area contributed by atoms with E-state index >= 15 is 0 Å². The molecule has 1 amide bonds. The smallest absolute Gasteiger partial charge is 0.285 e. The lowest BCUT2D eigenvalue weighted by Crippen LogP contribution is -2.33. The van der Waals surface area contributed by atoms with Crippen molar-refractivity contribution >= 4 is 15.9 Å². The number of nitrogens with zero attached hydrogens (tertiary/aromatic N) is 2. The summed E-state index contributed by atoms with van der Waals surface area (Å²) in [4.78, 5) is 12.6. The van der Waals surface area contributed by atoms with E-state index in [1.54, 1.807) is 18.2 Å². The predicted octanol–water partition coefficient (Wildman–Crippen LogP) is 2.78. The molecule has 1 aliphatic rings. The van der Waals surface area contributed by atoms with Crippen LogP contribution in [0.15, 0.2) is 35.2 Å². The predicted molar refractivity (Wildman–Crippen MR) is 100 cm³/mol. The van der Waals surface area contributed by atoms with Crippen LogP contribution >= 0.6 is 0 Å². The molecule has 0 aliphatic heterocycles. The Morgan fingerprint density at radius 1 is 1.19 bits per heavy atom. The van der Waals surface area contributed by atoms with Crippen LogP contribution in [0.3, 0.4) is 0 Å². The van der Waals surface area contributed by atoms with Gasteiger partial charge in [0.1, 0.15) is 11.4 Å². The number of hydrogen-bond acceptors (Lipinski definition) is 6. The van der Waals surface area contributed by atoms with Crippen molar-refractivity contribution in [2.24, 2.45) is 0 Å². The van der Waals surface area contributed by atoms with E-state index in [1.165, 1.54) is 19.2 Å². The van der Waals surface area contributed by atoms with Gasteiger partial charge in [0.15, 0.2) is 5.69 Å². The Morgan fingerprint density at radius 3 is 2.44 bits per heavy atom. The van der Waals surface area contributed by atoms with Gasteiger partial charge in [-0.25, -0.2) is 13.1 Å². The molecule has 3 rings (SSSR count). The van der Waals surface area contributed by atoms with E-state index in [1.807, 2.05) is 20.8 Å². The summed E-state index contributed by atoms with van der Waals surface area (Å²) in [5, 5.41) is 7.95. The van der Waals surface area contributed by atoms with Gasteiger partial charge in [0.2, 0.25) is 0 Å². The second kappa shape index (κ2) is 6.92. The van der Waals surface area contributed by atoms with Gasteiger partial charge in [-0.1, -0.05) is 39.0 Å². The average Bonchev–Trinajstić information content (AvgIpc) is 3.45. The van der Waals surface area contributed by atoms with E-state index in [-0.39, 0.29) is 10.6 Å². The van der Waals surface area contributed by atoms with Crippen molar-refractivity contribution in [3.05, 3.63) is 47.3 Å². The minimum atomic E-state index is -4.06. The molecule has 7 nitrogen and oxygen atoms in total. The Hall–Kier alpha value is -2.48. The van der Waals surface area contributed by atoms with Crippen molar-refractivity contribution in [1.29, 1.82) is 0 Å². The first-order chi connectivity index (χ1) is 12.6. The quantitative estimate of drug-likeness (QED) is 0.844. The zero-order valence-corrected chi connectivity index (χ0v) is 16.6. The molecule has 27 heavy (non-hydrogen) atoms. The fourth-order valence-electron chi connectivity index (χ4n) is 2.85. The summed E-state index contributed by atoms with van der Waals surface area (Å²) in [5.74, 6) is -0.0936. The molecule has 8 heteroatoms. The highest BCUT2D eigenvalue weighted by molar-refractivity contribution is 7.90. The number of hydrogen-bond donors (Lipinski definition) is 1. The van der Waals surface area contributed by atoms with Gasteiger partial charge in [0.25, 0.3) is 15.9 Å². The SMILES string of the molecule is COc1cc(C(=O)NS(=O)(=O)c2ccccc2C(C)(C)C)nnc1C1CC1. The summed E-state index contributed by atoms with van der Waals surface area (Å²) >= 11 is 0. The van der Waals surface area contributed by atoms with E-state index in [0.29, 0.717) is 22.9 Å². The highest BCUT2D eigenvalue weighted by Crippen LogP contribution is 2.42. The average molecular weight is 389 g/mol. The van der Waals surface area contributed by atoms with Crippen molar-refractivity contribution in [3.8, 4) is 5.75 Å². The number of methoxy groups -OCH3 is 1. The second-order valence-corrected chi connectivity index (χ2v) is 9.29. The molecule has 0 spiro atoms. The first-order valence-electron chi connectivity index (χ1n) is 8.72. The molecular weight excluding hydrogens is 366 g/mol. The molecule has 1 aromatic heterocycles. The van der Waals surface area contributed by atoms with Gasteiger partial charge in [0, 0.05) is 12.0 Å². The van der Waals surface area contributed by atoms with Crippen LogP contribution in [0.5, 0.6) is 5.75 Å². The molecule has 144 valence electrons. The molecule has 1 aromatic carbocycles. The summed E-state index contributed by atoms with van der Waals surface area (Å²) in [6, 6.07) is 8.06. The van der Waals surface area contributed by atoms with Gasteiger partial charge in [-0.3, -0.25) is 4.79 Å². The zero-order valence-electron chi connectivity index (χ0n) is 15.8. The van der Waals surface area contributed by atoms with Crippen LogP contribution in [0.2, 0.25) is 0 Å². The number of carbonyl (C=O) groups excluding carboxylic acids is 1. The Balaban J connectivity index is 1.90. The van der Waals surface area contributed by atoms with Gasteiger partial charge in [-0.15, -0.1) is 5.10 Å². The van der Waals surface area contributed by atoms with Crippen LogP contribution in [0.1, 0.15) is 61.3 Å². The van der Waals surface area contributed by atoms with Gasteiger partial charge in [0.05, 0.1) is 12.0 Å². The number of benzene rings is 1. The summed E-state index contributed by atoms with van der Waals surface area (Å²) in [6.07, 6.45) is 2.02. The minimum absolute atomic E-state index is 0.0698. The van der Waals surface area contributed by atoms with Crippen LogP contribution < -0.4 is 9.46 Å². The Labute approximate surface area is 159 Å². The first kappa shape index (κ1) is 19.3. The minimum Gasteiger partial charge on any atom is -0.495 e. The molecule has 0 saturated heterocycles. The number of nitrogens with one attached hydrogen (secondary N) is 1. The lowest BCUT2D eigenvalue weighted by atomic mass is 9.87. The maximum absolute atomic E-state index is 12.8. The molecule has 0 bridgehead atoms. The summed E-state index contributed by atoms with van der Waals surface area (Å²) in [5.41, 5.74) is 0.824. The third kappa shape index (κ3) is 4.10. The van der Waals surface area contributed by atoms with Crippen molar-refractivity contribution in [2.45, 2.75) is 49.8 Å². The number of aromatic nitrogens is 2. The number of ether oxygens (including phenoxy) is 1. The molecule has 0 atom stereocenters. The molecule has 0 unspecified atom stereocenters. The second-order valence-electron chi connectivity index (χ2n) is 7.64. The molecule has 1 fully saturated rings. The largest absolute Gasteiger partial charge is 0.495 e. The molecule has 2 aromatic rings. The van der Waals surface area contributed by atoms with Crippen LogP contribution in [0.25, 0.3) is 0 Å². The maximum atomic E-state index is 12.8. The van der Waals surface area contributed by atoms with Crippen LogP contribution in [-0.4, -0.2) is 31.6 Å². The van der Waals surface area contributed by atoms with Gasteiger partial charge >= 0.3 is 0 Å². The molecule has 0 radical (unpaired) electrons. The fraction of sp³-hybridized carbons (Fsp3) is 0.421. The molecule has 1 heterocycles. The lowest BCUT2D eigenvalue weighted by Gasteiger charge is -2.22. The van der Waals surface area contributed by atoms with E-state index in [4.69, 9.17) is 4.74 Å². The third-order valence-corrected chi connectivity index (χ3v) is 5.80. The lowest BCUT2D eigenvalue weighted by molar-refractivity contribution is 0.0975. The topological polar surface area (TPSA) is 98.2 Å². The van der Waals surface area contributed by atoms with Crippen molar-refractivity contribution < 1.29 is 17.9 Å². The molecule has 1 saturated carbocycles. The number of sulfonamides is 1. The standard InChI is InChI=1S/C19H23N3O4S/c1-19(2,3)13-7-5-6-8-16(13)27(24,25)22-18(23)14-11-15(26-4)17(21-20-14)12-9-10-12/h5-8,11-12H,9-10H2,1-4H3,(H,22,23). The Bertz CT molecular complexity index is 977. The molecule has 1 aliphatic carbocycles. The summed E-state index contributed by atoms with van der Waals surface area (Å²) in [7, 11) is -2.58. The van der Waals surface area contributed by atoms with Crippen LogP contribution in [-0.2, 0) is 15.4 Å². The van der Waals surface area contributed by atoms with E-state index < -0.39 is 21.3 Å².